The molecule has 5 nitrogen and oxygen atoms in total. The predicted molar refractivity (Wildman–Crippen MR) is 86.2 cm³/mol. The molecule has 21 heavy (non-hydrogen) atoms. The van der Waals surface area contributed by atoms with Crippen LogP contribution >= 0.6 is 12.4 Å². The summed E-state index contributed by atoms with van der Waals surface area (Å²) in [7, 11) is 0. The first kappa shape index (κ1) is 18.0. The number of amides is 1. The molecule has 0 aliphatic carbocycles. The summed E-state index contributed by atoms with van der Waals surface area (Å²) in [6, 6.07) is 1.60. The highest BCUT2D eigenvalue weighted by Gasteiger charge is 2.28. The Balaban J connectivity index is 0.00000220. The molecule has 1 amide bonds. The second-order valence-electron chi connectivity index (χ2n) is 5.91. The molecule has 0 bridgehead atoms. The van der Waals surface area contributed by atoms with Gasteiger partial charge in [-0.3, -0.25) is 9.48 Å². The van der Waals surface area contributed by atoms with Gasteiger partial charge in [-0.2, -0.15) is 5.10 Å². The van der Waals surface area contributed by atoms with Gasteiger partial charge in [-0.15, -0.1) is 12.4 Å². The van der Waals surface area contributed by atoms with Crippen LogP contribution in [0, 0.1) is 11.8 Å². The quantitative estimate of drug-likeness (QED) is 0.903. The van der Waals surface area contributed by atoms with E-state index in [0.717, 1.165) is 38.9 Å². The van der Waals surface area contributed by atoms with Crippen molar-refractivity contribution in [2.75, 3.05) is 13.1 Å². The van der Waals surface area contributed by atoms with Gasteiger partial charge in [0.2, 0.25) is 5.91 Å². The van der Waals surface area contributed by atoms with Crippen LogP contribution in [0.3, 0.4) is 0 Å². The van der Waals surface area contributed by atoms with Crippen LogP contribution in [0.25, 0.3) is 0 Å². The van der Waals surface area contributed by atoms with E-state index in [4.69, 9.17) is 5.73 Å². The first-order valence-electron chi connectivity index (χ1n) is 7.63. The van der Waals surface area contributed by atoms with Crippen LogP contribution < -0.4 is 5.73 Å². The molecule has 2 N–H and O–H groups in total. The fraction of sp³-hybridized carbons (Fsp3) is 0.733. The predicted octanol–water partition coefficient (Wildman–Crippen LogP) is 1.92. The summed E-state index contributed by atoms with van der Waals surface area (Å²) in [5, 5.41) is 4.24. The fourth-order valence-corrected chi connectivity index (χ4v) is 2.72. The molecular weight excluding hydrogens is 288 g/mol. The molecule has 0 saturated carbocycles. The van der Waals surface area contributed by atoms with Gasteiger partial charge in [0, 0.05) is 32.0 Å². The summed E-state index contributed by atoms with van der Waals surface area (Å²) in [6.45, 7) is 6.73. The van der Waals surface area contributed by atoms with Crippen molar-refractivity contribution in [3.8, 4) is 0 Å². The number of carbonyl (C=O) groups excluding carboxylic acids is 1. The molecule has 1 saturated heterocycles. The summed E-state index contributed by atoms with van der Waals surface area (Å²) in [5.74, 6) is 0.986. The Hall–Kier alpha value is -1.07. The smallest absolute Gasteiger partial charge is 0.239 e. The molecule has 2 rings (SSSR count). The second kappa shape index (κ2) is 8.39. The third-order valence-corrected chi connectivity index (χ3v) is 4.47. The maximum absolute atomic E-state index is 12.3. The van der Waals surface area contributed by atoms with E-state index < -0.39 is 0 Å². The number of hydrogen-bond donors (Lipinski definition) is 1. The van der Waals surface area contributed by atoms with E-state index in [2.05, 4.69) is 12.0 Å². The lowest BCUT2D eigenvalue weighted by Crippen LogP contribution is -2.49. The summed E-state index contributed by atoms with van der Waals surface area (Å²) in [6.07, 6.45) is 6.83. The van der Waals surface area contributed by atoms with Gasteiger partial charge < -0.3 is 10.6 Å². The van der Waals surface area contributed by atoms with Gasteiger partial charge in [-0.05, 0) is 30.7 Å². The number of carbonyl (C=O) groups is 1. The van der Waals surface area contributed by atoms with E-state index in [-0.39, 0.29) is 30.3 Å². The molecule has 0 spiro atoms. The number of halogens is 1. The topological polar surface area (TPSA) is 64.2 Å². The number of hydrogen-bond acceptors (Lipinski definition) is 3. The van der Waals surface area contributed by atoms with Crippen molar-refractivity contribution in [3.05, 3.63) is 18.5 Å². The maximum Gasteiger partial charge on any atom is 0.239 e. The lowest BCUT2D eigenvalue weighted by molar-refractivity contribution is -0.135. The number of nitrogens with two attached hydrogens (primary N) is 1. The van der Waals surface area contributed by atoms with Crippen LogP contribution in [0.4, 0.5) is 0 Å². The molecule has 1 aliphatic rings. The Morgan fingerprint density at radius 2 is 2.10 bits per heavy atom. The Bertz CT molecular complexity index is 415. The largest absolute Gasteiger partial charge is 0.341 e. The highest BCUT2D eigenvalue weighted by atomic mass is 35.5. The minimum Gasteiger partial charge on any atom is -0.341 e. The minimum absolute atomic E-state index is 0. The summed E-state index contributed by atoms with van der Waals surface area (Å²) in [4.78, 5) is 14.2. The molecule has 1 aliphatic heterocycles. The third-order valence-electron chi connectivity index (χ3n) is 4.47. The lowest BCUT2D eigenvalue weighted by atomic mass is 9.94. The zero-order valence-corrected chi connectivity index (χ0v) is 13.8. The zero-order valence-electron chi connectivity index (χ0n) is 12.9. The van der Waals surface area contributed by atoms with Gasteiger partial charge in [0.25, 0.3) is 0 Å². The minimum atomic E-state index is -0.345. The number of piperidine rings is 1. The van der Waals surface area contributed by atoms with E-state index in [1.165, 1.54) is 0 Å². The molecule has 1 fully saturated rings. The third kappa shape index (κ3) is 4.71. The number of nitrogens with zero attached hydrogens (tertiary/aromatic N) is 3. The van der Waals surface area contributed by atoms with Crippen molar-refractivity contribution in [1.82, 2.24) is 14.7 Å². The molecule has 2 unspecified atom stereocenters. The normalized spacial score (nSPS) is 18.9. The van der Waals surface area contributed by atoms with Gasteiger partial charge in [-0.25, -0.2) is 0 Å². The van der Waals surface area contributed by atoms with Crippen molar-refractivity contribution in [2.24, 2.45) is 17.6 Å². The molecule has 1 aromatic heterocycles. The Morgan fingerprint density at radius 3 is 2.62 bits per heavy atom. The molecular formula is C15H27ClN4O. The van der Waals surface area contributed by atoms with Crippen LogP contribution in [-0.2, 0) is 11.3 Å². The Morgan fingerprint density at radius 1 is 1.43 bits per heavy atom. The second-order valence-corrected chi connectivity index (χ2v) is 5.91. The van der Waals surface area contributed by atoms with E-state index in [9.17, 15) is 4.79 Å². The van der Waals surface area contributed by atoms with Crippen molar-refractivity contribution < 1.29 is 4.79 Å². The number of aromatic nitrogens is 2. The highest BCUT2D eigenvalue weighted by molar-refractivity contribution is 5.85. The SMILES string of the molecule is CCC(C)C(N)C(=O)N1CCC(Cn2cccn2)CC1.Cl. The van der Waals surface area contributed by atoms with Crippen molar-refractivity contribution in [3.63, 3.8) is 0 Å². The van der Waals surface area contributed by atoms with Crippen LogP contribution in [-0.4, -0.2) is 39.7 Å². The van der Waals surface area contributed by atoms with Crippen LogP contribution in [0.2, 0.25) is 0 Å². The van der Waals surface area contributed by atoms with E-state index in [0.29, 0.717) is 5.92 Å². The maximum atomic E-state index is 12.3. The Labute approximate surface area is 133 Å². The van der Waals surface area contributed by atoms with Crippen LogP contribution in [0.1, 0.15) is 33.1 Å². The number of likely N-dealkylation sites (tertiary alicyclic amines) is 1. The van der Waals surface area contributed by atoms with Crippen molar-refractivity contribution in [2.45, 2.75) is 45.7 Å². The van der Waals surface area contributed by atoms with Gasteiger partial charge >= 0.3 is 0 Å². The van der Waals surface area contributed by atoms with E-state index >= 15 is 0 Å². The van der Waals surface area contributed by atoms with Crippen LogP contribution in [0.15, 0.2) is 18.5 Å². The average Bonchev–Trinajstić information content (AvgIpc) is 2.98. The molecule has 1 aromatic rings. The first-order chi connectivity index (χ1) is 9.61. The van der Waals surface area contributed by atoms with Crippen LogP contribution in [0.5, 0.6) is 0 Å². The van der Waals surface area contributed by atoms with Gasteiger partial charge in [0.05, 0.1) is 6.04 Å². The summed E-state index contributed by atoms with van der Waals surface area (Å²) < 4.78 is 1.98. The van der Waals surface area contributed by atoms with Gasteiger partial charge in [0.15, 0.2) is 0 Å². The monoisotopic (exact) mass is 314 g/mol. The molecule has 2 heterocycles. The first-order valence-corrected chi connectivity index (χ1v) is 7.63. The molecule has 2 atom stereocenters. The van der Waals surface area contributed by atoms with E-state index in [1.54, 1.807) is 0 Å². The van der Waals surface area contributed by atoms with Gasteiger partial charge in [-0.1, -0.05) is 20.3 Å². The number of rotatable bonds is 5. The average molecular weight is 315 g/mol. The highest BCUT2D eigenvalue weighted by Crippen LogP contribution is 2.20. The standard InChI is InChI=1S/C15H26N4O.ClH/c1-3-12(2)14(16)15(20)18-9-5-13(6-10-18)11-19-8-4-7-17-19;/h4,7-8,12-14H,3,5-6,9-11,16H2,1-2H3;1H. The fourth-order valence-electron chi connectivity index (χ4n) is 2.72. The zero-order chi connectivity index (χ0) is 14.5. The van der Waals surface area contributed by atoms with Gasteiger partial charge in [0.1, 0.15) is 0 Å². The molecule has 0 aromatic carbocycles. The lowest BCUT2D eigenvalue weighted by Gasteiger charge is -2.34. The van der Waals surface area contributed by atoms with E-state index in [1.807, 2.05) is 35.0 Å². The van der Waals surface area contributed by atoms with Crippen molar-refractivity contribution in [1.29, 1.82) is 0 Å². The van der Waals surface area contributed by atoms with Crippen molar-refractivity contribution >= 4 is 18.3 Å². The summed E-state index contributed by atoms with van der Waals surface area (Å²) >= 11 is 0. The molecule has 6 heteroatoms. The summed E-state index contributed by atoms with van der Waals surface area (Å²) in [5.41, 5.74) is 6.04. The molecule has 0 radical (unpaired) electrons. The molecule has 120 valence electrons. The Kier molecular flexibility index (Phi) is 7.18.